The summed E-state index contributed by atoms with van der Waals surface area (Å²) in [5, 5.41) is 17.9. The minimum atomic E-state index is -0.164. The molecule has 1 amide bonds. The van der Waals surface area contributed by atoms with Gasteiger partial charge in [0, 0.05) is 11.9 Å². The Morgan fingerprint density at radius 3 is 2.60 bits per heavy atom. The number of nitrogens with zero attached hydrogens (tertiary/aromatic N) is 2. The predicted molar refractivity (Wildman–Crippen MR) is 96.0 cm³/mol. The Labute approximate surface area is 146 Å². The van der Waals surface area contributed by atoms with Gasteiger partial charge in [-0.3, -0.25) is 9.89 Å². The van der Waals surface area contributed by atoms with Gasteiger partial charge in [-0.05, 0) is 30.4 Å². The number of hydrogen-bond donors (Lipinski definition) is 2. The Bertz CT molecular complexity index is 871. The molecule has 5 heteroatoms. The monoisotopic (exact) mass is 335 g/mol. The Morgan fingerprint density at radius 2 is 1.88 bits per heavy atom. The van der Waals surface area contributed by atoms with Crippen molar-refractivity contribution in [2.75, 3.05) is 6.61 Å². The molecule has 5 nitrogen and oxygen atoms in total. The van der Waals surface area contributed by atoms with E-state index in [0.29, 0.717) is 18.2 Å². The highest BCUT2D eigenvalue weighted by molar-refractivity contribution is 6.04. The van der Waals surface area contributed by atoms with Gasteiger partial charge in [0.15, 0.2) is 5.69 Å². The van der Waals surface area contributed by atoms with Gasteiger partial charge in [-0.2, -0.15) is 5.10 Å². The van der Waals surface area contributed by atoms with Gasteiger partial charge in [-0.15, -0.1) is 0 Å². The molecule has 1 unspecified atom stereocenters. The van der Waals surface area contributed by atoms with Crippen molar-refractivity contribution in [2.24, 2.45) is 5.92 Å². The molecule has 128 valence electrons. The lowest BCUT2D eigenvalue weighted by molar-refractivity contribution is 0.0527. The van der Waals surface area contributed by atoms with Gasteiger partial charge in [-0.25, -0.2) is 0 Å². The first-order valence-corrected chi connectivity index (χ1v) is 8.67. The lowest BCUT2D eigenvalue weighted by Crippen LogP contribution is -2.43. The van der Waals surface area contributed by atoms with Crippen LogP contribution in [0.25, 0.3) is 10.9 Å². The minimum absolute atomic E-state index is 0.0222. The molecule has 0 aliphatic heterocycles. The van der Waals surface area contributed by atoms with E-state index in [9.17, 15) is 9.90 Å². The van der Waals surface area contributed by atoms with Crippen molar-refractivity contribution < 1.29 is 9.90 Å². The van der Waals surface area contributed by atoms with E-state index >= 15 is 0 Å². The van der Waals surface area contributed by atoms with Gasteiger partial charge < -0.3 is 10.0 Å². The van der Waals surface area contributed by atoms with Crippen LogP contribution in [0.2, 0.25) is 0 Å². The molecule has 1 aromatic heterocycles. The summed E-state index contributed by atoms with van der Waals surface area (Å²) in [5.41, 5.74) is 2.32. The molecule has 0 bridgehead atoms. The molecule has 1 aliphatic carbocycles. The zero-order valence-electron chi connectivity index (χ0n) is 13.9. The van der Waals surface area contributed by atoms with Crippen LogP contribution >= 0.6 is 0 Å². The Balaban J connectivity index is 1.70. The van der Waals surface area contributed by atoms with Crippen LogP contribution in [0, 0.1) is 5.92 Å². The summed E-state index contributed by atoms with van der Waals surface area (Å²) < 4.78 is 0. The van der Waals surface area contributed by atoms with Gasteiger partial charge in [0.1, 0.15) is 0 Å². The summed E-state index contributed by atoms with van der Waals surface area (Å²) in [6.45, 7) is 0.453. The normalized spacial score (nSPS) is 15.2. The van der Waals surface area contributed by atoms with Crippen molar-refractivity contribution in [3.63, 3.8) is 0 Å². The topological polar surface area (TPSA) is 69.2 Å². The van der Waals surface area contributed by atoms with Crippen LogP contribution in [0.3, 0.4) is 0 Å². The largest absolute Gasteiger partial charge is 0.394 e. The number of para-hydroxylation sites is 1. The third kappa shape index (κ3) is 3.15. The van der Waals surface area contributed by atoms with Gasteiger partial charge in [0.05, 0.1) is 18.2 Å². The fourth-order valence-electron chi connectivity index (χ4n) is 3.37. The molecule has 2 aromatic carbocycles. The Hall–Kier alpha value is -2.66. The number of aliphatic hydroxyl groups excluding tert-OH is 1. The molecular formula is C20H21N3O2. The summed E-state index contributed by atoms with van der Waals surface area (Å²) in [6, 6.07) is 17.4. The number of aromatic nitrogens is 2. The van der Waals surface area contributed by atoms with Gasteiger partial charge in [0.2, 0.25) is 0 Å². The maximum Gasteiger partial charge on any atom is 0.275 e. The van der Waals surface area contributed by atoms with Crippen LogP contribution < -0.4 is 0 Å². The van der Waals surface area contributed by atoms with Crippen molar-refractivity contribution in [1.29, 1.82) is 0 Å². The van der Waals surface area contributed by atoms with Gasteiger partial charge in [-0.1, -0.05) is 48.5 Å². The molecule has 4 rings (SSSR count). The molecule has 25 heavy (non-hydrogen) atoms. The van der Waals surface area contributed by atoms with Crippen molar-refractivity contribution in [3.05, 3.63) is 65.9 Å². The van der Waals surface area contributed by atoms with Crippen LogP contribution in [0.5, 0.6) is 0 Å². The summed E-state index contributed by atoms with van der Waals surface area (Å²) in [4.78, 5) is 15.1. The second kappa shape index (κ2) is 6.69. The second-order valence-corrected chi connectivity index (χ2v) is 6.62. The van der Waals surface area contributed by atoms with E-state index in [-0.39, 0.29) is 18.6 Å². The molecule has 0 saturated heterocycles. The van der Waals surface area contributed by atoms with Gasteiger partial charge in [0.25, 0.3) is 5.91 Å². The van der Waals surface area contributed by atoms with Gasteiger partial charge >= 0.3 is 0 Å². The number of aromatic amines is 1. The number of carbonyl (C=O) groups is 1. The molecule has 0 radical (unpaired) electrons. The maximum atomic E-state index is 13.3. The highest BCUT2D eigenvalue weighted by atomic mass is 16.3. The molecule has 1 fully saturated rings. The average molecular weight is 335 g/mol. The molecule has 3 aromatic rings. The third-order valence-corrected chi connectivity index (χ3v) is 4.88. The molecule has 2 N–H and O–H groups in total. The summed E-state index contributed by atoms with van der Waals surface area (Å²) in [6.07, 6.45) is 2.12. The summed E-state index contributed by atoms with van der Waals surface area (Å²) in [7, 11) is 0. The molecule has 1 heterocycles. The number of amides is 1. The summed E-state index contributed by atoms with van der Waals surface area (Å²) in [5.74, 6) is 0.245. The predicted octanol–water partition coefficient (Wildman–Crippen LogP) is 2.98. The molecular weight excluding hydrogens is 314 g/mol. The van der Waals surface area contributed by atoms with E-state index in [1.165, 1.54) is 0 Å². The van der Waals surface area contributed by atoms with Crippen molar-refractivity contribution in [3.8, 4) is 0 Å². The number of aliphatic hydroxyl groups is 1. The third-order valence-electron chi connectivity index (χ3n) is 4.88. The number of fused-ring (bicyclic) bond motifs is 1. The summed E-state index contributed by atoms with van der Waals surface area (Å²) >= 11 is 0. The fourth-order valence-corrected chi connectivity index (χ4v) is 3.37. The lowest BCUT2D eigenvalue weighted by atomic mass is 10.1. The van der Waals surface area contributed by atoms with E-state index in [4.69, 9.17) is 0 Å². The molecule has 0 spiro atoms. The second-order valence-electron chi connectivity index (χ2n) is 6.62. The van der Waals surface area contributed by atoms with Crippen molar-refractivity contribution in [1.82, 2.24) is 15.1 Å². The quantitative estimate of drug-likeness (QED) is 0.727. The first-order chi connectivity index (χ1) is 12.3. The Morgan fingerprint density at radius 1 is 1.16 bits per heavy atom. The Kier molecular flexibility index (Phi) is 4.24. The molecule has 1 aliphatic rings. The van der Waals surface area contributed by atoms with Crippen LogP contribution in [0.1, 0.15) is 28.9 Å². The number of rotatable bonds is 6. The van der Waals surface area contributed by atoms with Crippen LogP contribution in [-0.4, -0.2) is 38.8 Å². The number of hydrogen-bond acceptors (Lipinski definition) is 3. The molecule has 1 atom stereocenters. The number of benzene rings is 2. The van der Waals surface area contributed by atoms with Crippen molar-refractivity contribution >= 4 is 16.8 Å². The average Bonchev–Trinajstić information content (AvgIpc) is 3.40. The smallest absolute Gasteiger partial charge is 0.275 e. The van der Waals surface area contributed by atoms with E-state index < -0.39 is 0 Å². The highest BCUT2D eigenvalue weighted by Crippen LogP contribution is 2.36. The van der Waals surface area contributed by atoms with E-state index in [1.807, 2.05) is 54.6 Å². The maximum absolute atomic E-state index is 13.3. The number of H-pyrrole nitrogens is 1. The van der Waals surface area contributed by atoms with Crippen LogP contribution in [0.4, 0.5) is 0 Å². The number of carbonyl (C=O) groups excluding carboxylic acids is 1. The van der Waals surface area contributed by atoms with E-state index in [2.05, 4.69) is 10.2 Å². The minimum Gasteiger partial charge on any atom is -0.394 e. The zero-order valence-corrected chi connectivity index (χ0v) is 13.9. The number of nitrogens with one attached hydrogen (secondary N) is 1. The lowest BCUT2D eigenvalue weighted by Gasteiger charge is -2.30. The van der Waals surface area contributed by atoms with Crippen LogP contribution in [0.15, 0.2) is 54.6 Å². The van der Waals surface area contributed by atoms with E-state index in [1.54, 1.807) is 4.90 Å². The standard InChI is InChI=1S/C20H21N3O2/c24-13-18(15-10-11-15)23(12-14-6-2-1-3-7-14)20(25)19-16-8-4-5-9-17(16)21-22-19/h1-9,15,18,24H,10-13H2,(H,21,22). The zero-order chi connectivity index (χ0) is 17.2. The van der Waals surface area contributed by atoms with E-state index in [0.717, 1.165) is 29.3 Å². The fraction of sp³-hybridized carbons (Fsp3) is 0.300. The highest BCUT2D eigenvalue weighted by Gasteiger charge is 2.38. The first kappa shape index (κ1) is 15.8. The van der Waals surface area contributed by atoms with Crippen LogP contribution in [-0.2, 0) is 6.54 Å². The SMILES string of the molecule is O=C(c1n[nH]c2ccccc12)N(Cc1ccccc1)C(CO)C1CC1. The van der Waals surface area contributed by atoms with Crippen molar-refractivity contribution in [2.45, 2.75) is 25.4 Å². The molecule has 1 saturated carbocycles. The first-order valence-electron chi connectivity index (χ1n) is 8.67.